The lowest BCUT2D eigenvalue weighted by Crippen LogP contribution is -2.32. The van der Waals surface area contributed by atoms with Crippen molar-refractivity contribution in [3.05, 3.63) is 67.8 Å². The summed E-state index contributed by atoms with van der Waals surface area (Å²) < 4.78 is 13.9. The quantitative estimate of drug-likeness (QED) is 0.926. The molecular formula is C16H13ClFN3O. The number of hydrogen-bond acceptors (Lipinski definition) is 3. The molecule has 6 heteroatoms. The first-order valence-electron chi connectivity index (χ1n) is 6.89. The lowest BCUT2D eigenvalue weighted by molar-refractivity contribution is 0.240. The number of fused-ring (bicyclic) bond motifs is 1. The van der Waals surface area contributed by atoms with Crippen LogP contribution < -0.4 is 5.56 Å². The van der Waals surface area contributed by atoms with Crippen LogP contribution in [-0.4, -0.2) is 16.4 Å². The van der Waals surface area contributed by atoms with Crippen molar-refractivity contribution in [3.63, 3.8) is 0 Å². The Kier molecular flexibility index (Phi) is 3.97. The fourth-order valence-electron chi connectivity index (χ4n) is 2.69. The van der Waals surface area contributed by atoms with Gasteiger partial charge in [-0.25, -0.2) is 4.39 Å². The second kappa shape index (κ2) is 5.91. The van der Waals surface area contributed by atoms with Crippen LogP contribution in [0.4, 0.5) is 4.39 Å². The number of aromatic nitrogens is 1. The summed E-state index contributed by atoms with van der Waals surface area (Å²) in [6, 6.07) is 8.14. The van der Waals surface area contributed by atoms with Crippen LogP contribution in [0.2, 0.25) is 5.02 Å². The van der Waals surface area contributed by atoms with Crippen LogP contribution in [0.3, 0.4) is 0 Å². The number of hydrogen-bond donors (Lipinski definition) is 1. The zero-order valence-electron chi connectivity index (χ0n) is 11.7. The van der Waals surface area contributed by atoms with E-state index >= 15 is 0 Å². The molecule has 1 aromatic carbocycles. The first-order valence-corrected chi connectivity index (χ1v) is 7.26. The van der Waals surface area contributed by atoms with E-state index in [2.05, 4.69) is 4.98 Å². The third-order valence-electron chi connectivity index (χ3n) is 3.85. The molecule has 0 atom stereocenters. The molecule has 2 heterocycles. The summed E-state index contributed by atoms with van der Waals surface area (Å²) in [6.45, 7) is 1.64. The minimum Gasteiger partial charge on any atom is -0.325 e. The second-order valence-electron chi connectivity index (χ2n) is 5.29. The van der Waals surface area contributed by atoms with Crippen molar-refractivity contribution in [2.24, 2.45) is 0 Å². The Hall–Kier alpha value is -2.16. The van der Waals surface area contributed by atoms with Gasteiger partial charge in [0.1, 0.15) is 17.4 Å². The van der Waals surface area contributed by atoms with Gasteiger partial charge in [-0.1, -0.05) is 17.7 Å². The SMILES string of the molecule is N#Cc1cc2c([nH]c1=O)CCN(Cc1c(F)cccc1Cl)C2. The Morgan fingerprint density at radius 3 is 3.00 bits per heavy atom. The van der Waals surface area contributed by atoms with Crippen LogP contribution in [-0.2, 0) is 19.5 Å². The van der Waals surface area contributed by atoms with Crippen molar-refractivity contribution < 1.29 is 4.39 Å². The summed E-state index contributed by atoms with van der Waals surface area (Å²) in [4.78, 5) is 16.4. The minimum absolute atomic E-state index is 0.101. The zero-order valence-corrected chi connectivity index (χ0v) is 12.5. The number of H-pyrrole nitrogens is 1. The summed E-state index contributed by atoms with van der Waals surface area (Å²) >= 11 is 6.06. The van der Waals surface area contributed by atoms with Crippen LogP contribution in [0.25, 0.3) is 0 Å². The van der Waals surface area contributed by atoms with Gasteiger partial charge in [-0.2, -0.15) is 5.26 Å². The van der Waals surface area contributed by atoms with Gasteiger partial charge in [0.2, 0.25) is 0 Å². The standard InChI is InChI=1S/C16H13ClFN3O/c17-13-2-1-3-14(18)12(13)9-21-5-4-15-11(8-21)6-10(7-19)16(22)20-15/h1-3,6H,4-5,8-9H2,(H,20,22). The van der Waals surface area contributed by atoms with E-state index in [1.807, 2.05) is 11.0 Å². The molecule has 0 saturated carbocycles. The molecule has 0 radical (unpaired) electrons. The fraction of sp³-hybridized carbons (Fsp3) is 0.250. The maximum Gasteiger partial charge on any atom is 0.266 e. The Morgan fingerprint density at radius 2 is 2.27 bits per heavy atom. The molecule has 0 unspecified atom stereocenters. The number of nitriles is 1. The highest BCUT2D eigenvalue weighted by atomic mass is 35.5. The van der Waals surface area contributed by atoms with Crippen LogP contribution in [0.5, 0.6) is 0 Å². The summed E-state index contributed by atoms with van der Waals surface area (Å²) in [5.41, 5.74) is 1.96. The van der Waals surface area contributed by atoms with Gasteiger partial charge in [-0.3, -0.25) is 9.69 Å². The molecule has 0 fully saturated rings. The molecule has 0 aliphatic carbocycles. The van der Waals surface area contributed by atoms with Gasteiger partial charge in [0.05, 0.1) is 0 Å². The van der Waals surface area contributed by atoms with Crippen LogP contribution in [0.15, 0.2) is 29.1 Å². The number of halogens is 2. The molecule has 0 bridgehead atoms. The zero-order chi connectivity index (χ0) is 15.7. The molecule has 1 aliphatic heterocycles. The van der Waals surface area contributed by atoms with Gasteiger partial charge in [0, 0.05) is 42.3 Å². The lowest BCUT2D eigenvalue weighted by Gasteiger charge is -2.28. The van der Waals surface area contributed by atoms with E-state index < -0.39 is 0 Å². The highest BCUT2D eigenvalue weighted by Crippen LogP contribution is 2.24. The number of pyridine rings is 1. The summed E-state index contributed by atoms with van der Waals surface area (Å²) in [7, 11) is 0. The van der Waals surface area contributed by atoms with E-state index in [9.17, 15) is 9.18 Å². The molecule has 0 spiro atoms. The highest BCUT2D eigenvalue weighted by Gasteiger charge is 2.20. The van der Waals surface area contributed by atoms with E-state index in [1.54, 1.807) is 18.2 Å². The van der Waals surface area contributed by atoms with E-state index in [4.69, 9.17) is 16.9 Å². The first kappa shape index (κ1) is 14.8. The number of rotatable bonds is 2. The molecule has 2 aromatic rings. The monoisotopic (exact) mass is 317 g/mol. The van der Waals surface area contributed by atoms with E-state index in [-0.39, 0.29) is 16.9 Å². The molecule has 1 N–H and O–H groups in total. The molecular weight excluding hydrogens is 305 g/mol. The number of aromatic amines is 1. The van der Waals surface area contributed by atoms with E-state index in [1.165, 1.54) is 6.07 Å². The molecule has 112 valence electrons. The molecule has 4 nitrogen and oxygen atoms in total. The number of nitrogens with one attached hydrogen (secondary N) is 1. The van der Waals surface area contributed by atoms with Crippen LogP contribution >= 0.6 is 11.6 Å². The van der Waals surface area contributed by atoms with Crippen molar-refractivity contribution in [3.8, 4) is 6.07 Å². The number of nitrogens with zero attached hydrogens (tertiary/aromatic N) is 2. The van der Waals surface area contributed by atoms with Gasteiger partial charge >= 0.3 is 0 Å². The van der Waals surface area contributed by atoms with Gasteiger partial charge < -0.3 is 4.98 Å². The maximum absolute atomic E-state index is 13.9. The Bertz CT molecular complexity index is 805. The van der Waals surface area contributed by atoms with Crippen LogP contribution in [0, 0.1) is 17.1 Å². The smallest absolute Gasteiger partial charge is 0.266 e. The molecule has 0 saturated heterocycles. The average Bonchev–Trinajstić information content (AvgIpc) is 2.50. The predicted molar refractivity (Wildman–Crippen MR) is 81.0 cm³/mol. The highest BCUT2D eigenvalue weighted by molar-refractivity contribution is 6.31. The first-order chi connectivity index (χ1) is 10.6. The third kappa shape index (κ3) is 2.76. The van der Waals surface area contributed by atoms with Crippen LogP contribution in [0.1, 0.15) is 22.4 Å². The molecule has 1 aliphatic rings. The Morgan fingerprint density at radius 1 is 1.45 bits per heavy atom. The average molecular weight is 318 g/mol. The van der Waals surface area contributed by atoms with Crippen molar-refractivity contribution in [1.29, 1.82) is 5.26 Å². The van der Waals surface area contributed by atoms with E-state index in [0.717, 1.165) is 11.3 Å². The number of benzene rings is 1. The topological polar surface area (TPSA) is 59.9 Å². The summed E-state index contributed by atoms with van der Waals surface area (Å²) in [6.07, 6.45) is 0.655. The van der Waals surface area contributed by atoms with Crippen molar-refractivity contribution >= 4 is 11.6 Å². The molecule has 0 amide bonds. The summed E-state index contributed by atoms with van der Waals surface area (Å²) in [5.74, 6) is -0.322. The molecule has 3 rings (SSSR count). The van der Waals surface area contributed by atoms with Crippen molar-refractivity contribution in [1.82, 2.24) is 9.88 Å². The van der Waals surface area contributed by atoms with Gasteiger partial charge in [0.15, 0.2) is 0 Å². The van der Waals surface area contributed by atoms with Gasteiger partial charge in [-0.15, -0.1) is 0 Å². The van der Waals surface area contributed by atoms with Crippen molar-refractivity contribution in [2.45, 2.75) is 19.5 Å². The second-order valence-corrected chi connectivity index (χ2v) is 5.70. The Balaban J connectivity index is 1.86. The predicted octanol–water partition coefficient (Wildman–Crippen LogP) is 2.60. The molecule has 22 heavy (non-hydrogen) atoms. The molecule has 1 aromatic heterocycles. The van der Waals surface area contributed by atoms with Gasteiger partial charge in [0.25, 0.3) is 5.56 Å². The van der Waals surface area contributed by atoms with Crippen molar-refractivity contribution in [2.75, 3.05) is 6.54 Å². The Labute approximate surface area is 131 Å². The van der Waals surface area contributed by atoms with E-state index in [0.29, 0.717) is 36.6 Å². The normalized spacial score (nSPS) is 14.4. The summed E-state index contributed by atoms with van der Waals surface area (Å²) in [5, 5.41) is 9.35. The van der Waals surface area contributed by atoms with Gasteiger partial charge in [-0.05, 0) is 23.8 Å². The fourth-order valence-corrected chi connectivity index (χ4v) is 2.91. The minimum atomic E-state index is -0.355. The lowest BCUT2D eigenvalue weighted by atomic mass is 10.0. The third-order valence-corrected chi connectivity index (χ3v) is 4.21. The largest absolute Gasteiger partial charge is 0.325 e. The maximum atomic E-state index is 13.9.